The van der Waals surface area contributed by atoms with Gasteiger partial charge in [-0.15, -0.1) is 16.1 Å². The van der Waals surface area contributed by atoms with Gasteiger partial charge in [-0.3, -0.25) is 11.0 Å². The lowest BCUT2D eigenvalue weighted by Crippen LogP contribution is -2.09. The number of halogens is 2. The molecule has 4 N–H and O–H groups in total. The third-order valence-corrected chi connectivity index (χ3v) is 5.82. The molecule has 1 heterocycles. The Balaban J connectivity index is 3.70. The van der Waals surface area contributed by atoms with E-state index in [2.05, 4.69) is 12.1 Å². The van der Waals surface area contributed by atoms with Crippen LogP contribution < -0.4 is 11.0 Å². The molecule has 0 amide bonds. The largest absolute Gasteiger partial charge is 0.330 e. The number of rotatable bonds is 0. The van der Waals surface area contributed by atoms with Crippen LogP contribution in [0.15, 0.2) is 12.1 Å². The van der Waals surface area contributed by atoms with Gasteiger partial charge in [-0.05, 0) is 0 Å². The molecule has 12 heteroatoms. The first-order valence-electron chi connectivity index (χ1n) is 2.29. The van der Waals surface area contributed by atoms with Crippen LogP contribution in [0.4, 0.5) is 7.77 Å². The molecule has 0 saturated heterocycles. The normalized spacial score (nSPS) is 45.3. The molecular weight excluding hydrogens is 235 g/mol. The van der Waals surface area contributed by atoms with Crippen LogP contribution in [0.3, 0.4) is 0 Å². The summed E-state index contributed by atoms with van der Waals surface area (Å²) < 4.78 is 53.1. The second-order valence-electron chi connectivity index (χ2n) is 1.80. The fraction of sp³-hybridized carbons (Fsp3) is 0. The van der Waals surface area contributed by atoms with E-state index in [-0.39, 0.29) is 0 Å². The maximum absolute atomic E-state index is 12.4. The Morgan fingerprint density at radius 3 is 2.00 bits per heavy atom. The summed E-state index contributed by atoms with van der Waals surface area (Å²) >= 11 is 0. The molecule has 0 fully saturated rings. The fourth-order valence-corrected chi connectivity index (χ4v) is 5.13. The summed E-state index contributed by atoms with van der Waals surface area (Å²) in [4.78, 5) is 0. The van der Waals surface area contributed by atoms with Crippen molar-refractivity contribution in [3.8, 4) is 0 Å². The summed E-state index contributed by atoms with van der Waals surface area (Å²) in [5.74, 6) is 0. The molecule has 0 aliphatic carbocycles. The second-order valence-corrected chi connectivity index (χ2v) is 6.83. The molecule has 72 valence electrons. The summed E-state index contributed by atoms with van der Waals surface area (Å²) in [6, 6.07) is 0. The van der Waals surface area contributed by atoms with Gasteiger partial charge in [0.2, 0.25) is 7.51 Å². The summed E-state index contributed by atoms with van der Waals surface area (Å²) in [6.07, 6.45) is 0. The van der Waals surface area contributed by atoms with Crippen molar-refractivity contribution < 1.29 is 16.2 Å². The average Bonchev–Trinajstić information content (AvgIpc) is 1.44. The molecule has 0 aromatic carbocycles. The fourth-order valence-electron chi connectivity index (χ4n) is 0.481. The Kier molecular flexibility index (Phi) is 2.04. The average molecular weight is 239 g/mol. The Morgan fingerprint density at radius 1 is 1.17 bits per heavy atom. The summed E-state index contributed by atoms with van der Waals surface area (Å²) in [5.41, 5.74) is 9.77. The molecule has 0 aromatic heterocycles. The molecular formula is H4F2N5O2PS2. The highest BCUT2D eigenvalue weighted by atomic mass is 32.3. The standard InChI is InChI=1S/F2H4N5O2PS2/c1-11(8)5-10(3,4)6-12(2,9)7-11/h3-4H2/t11-,12+. The zero-order valence-electron chi connectivity index (χ0n) is 5.33. The summed E-state index contributed by atoms with van der Waals surface area (Å²) in [6.45, 7) is 0. The van der Waals surface area contributed by atoms with Crippen molar-refractivity contribution in [3.63, 3.8) is 0 Å². The molecule has 0 bridgehead atoms. The van der Waals surface area contributed by atoms with Crippen molar-refractivity contribution in [2.75, 3.05) is 0 Å². The Bertz CT molecular complexity index is 469. The molecule has 1 aliphatic rings. The first-order valence-corrected chi connectivity index (χ1v) is 6.87. The van der Waals surface area contributed by atoms with Gasteiger partial charge >= 0.3 is 20.6 Å². The van der Waals surface area contributed by atoms with Crippen LogP contribution >= 0.6 is 7.51 Å². The highest BCUT2D eigenvalue weighted by Crippen LogP contribution is 2.41. The predicted molar refractivity (Wildman–Crippen MR) is 41.1 cm³/mol. The summed E-state index contributed by atoms with van der Waals surface area (Å²) in [5, 5.41) is 0. The zero-order valence-corrected chi connectivity index (χ0v) is 7.86. The molecule has 1 rings (SSSR count). The van der Waals surface area contributed by atoms with Crippen molar-refractivity contribution in [3.05, 3.63) is 0 Å². The summed E-state index contributed by atoms with van der Waals surface area (Å²) in [7, 11) is -13.2. The van der Waals surface area contributed by atoms with Gasteiger partial charge in [0.15, 0.2) is 0 Å². The second kappa shape index (κ2) is 2.45. The van der Waals surface area contributed by atoms with Crippen molar-refractivity contribution >= 4 is 28.1 Å². The van der Waals surface area contributed by atoms with E-state index in [9.17, 15) is 16.2 Å². The predicted octanol–water partition coefficient (Wildman–Crippen LogP) is 0.399. The van der Waals surface area contributed by atoms with Crippen LogP contribution in [0.5, 0.6) is 0 Å². The Morgan fingerprint density at radius 2 is 1.67 bits per heavy atom. The van der Waals surface area contributed by atoms with E-state index in [4.69, 9.17) is 11.0 Å². The molecule has 7 nitrogen and oxygen atoms in total. The van der Waals surface area contributed by atoms with Crippen LogP contribution in [0.25, 0.3) is 0 Å². The van der Waals surface area contributed by atoms with Crippen LogP contribution in [-0.4, -0.2) is 8.42 Å². The minimum atomic E-state index is -4.74. The third kappa shape index (κ3) is 2.45. The van der Waals surface area contributed by atoms with Gasteiger partial charge in [0.05, 0.1) is 0 Å². The van der Waals surface area contributed by atoms with Gasteiger partial charge in [0.1, 0.15) is 0 Å². The first-order chi connectivity index (χ1) is 5.12. The van der Waals surface area contributed by atoms with E-state index in [1.807, 2.05) is 0 Å². The zero-order chi connectivity index (χ0) is 9.62. The lowest BCUT2D eigenvalue weighted by Gasteiger charge is -2.09. The van der Waals surface area contributed by atoms with Gasteiger partial charge in [-0.2, -0.15) is 8.42 Å². The van der Waals surface area contributed by atoms with Crippen molar-refractivity contribution in [2.45, 2.75) is 0 Å². The Hall–Kier alpha value is -0.0900. The highest BCUT2D eigenvalue weighted by Gasteiger charge is 2.24. The van der Waals surface area contributed by atoms with E-state index in [1.165, 1.54) is 0 Å². The van der Waals surface area contributed by atoms with Gasteiger partial charge in [-0.1, -0.05) is 3.77 Å². The molecule has 1 aliphatic heterocycles. The van der Waals surface area contributed by atoms with Crippen molar-refractivity contribution in [2.24, 2.45) is 23.1 Å². The van der Waals surface area contributed by atoms with E-state index < -0.39 is 28.1 Å². The maximum Gasteiger partial charge on any atom is 0.330 e. The number of hydrogen-bond donors (Lipinski definition) is 2. The van der Waals surface area contributed by atoms with Crippen molar-refractivity contribution in [1.82, 2.24) is 0 Å². The van der Waals surface area contributed by atoms with E-state index in [0.717, 1.165) is 0 Å². The van der Waals surface area contributed by atoms with Crippen LogP contribution in [0.1, 0.15) is 0 Å². The van der Waals surface area contributed by atoms with Crippen LogP contribution in [0.2, 0.25) is 0 Å². The lowest BCUT2D eigenvalue weighted by molar-refractivity contribution is 0.631. The quantitative estimate of drug-likeness (QED) is 0.469. The van der Waals surface area contributed by atoms with E-state index in [0.29, 0.717) is 0 Å². The molecule has 0 unspecified atom stereocenters. The van der Waals surface area contributed by atoms with Crippen LogP contribution in [0, 0.1) is 0 Å². The first kappa shape index (κ1) is 9.99. The number of nitrogens with zero attached hydrogens (tertiary/aromatic N) is 3. The van der Waals surface area contributed by atoms with Crippen LogP contribution in [-0.2, 0) is 20.6 Å². The monoisotopic (exact) mass is 239 g/mol. The number of hydrogen-bond acceptors (Lipinski definition) is 5. The SMILES string of the molecule is NP1(N)=N[S@](=O)(F)=N[S@](=O)(F)=N1. The van der Waals surface area contributed by atoms with Gasteiger partial charge in [0, 0.05) is 0 Å². The highest BCUT2D eigenvalue weighted by molar-refractivity contribution is 8.04. The minimum Gasteiger partial charge on any atom is -0.266 e. The van der Waals surface area contributed by atoms with E-state index in [1.54, 1.807) is 0 Å². The van der Waals surface area contributed by atoms with Gasteiger partial charge < -0.3 is 0 Å². The molecule has 12 heavy (non-hydrogen) atoms. The van der Waals surface area contributed by atoms with Gasteiger partial charge in [-0.25, -0.2) is 0 Å². The van der Waals surface area contributed by atoms with Gasteiger partial charge in [0.25, 0.3) is 0 Å². The minimum absolute atomic E-state index is 2.10. The smallest absolute Gasteiger partial charge is 0.266 e. The topological polar surface area (TPSA) is 123 Å². The lowest BCUT2D eigenvalue weighted by atomic mass is 13.8. The number of nitrogens with two attached hydrogens (primary N) is 2. The molecule has 0 spiro atoms. The van der Waals surface area contributed by atoms with E-state index >= 15 is 0 Å². The molecule has 0 radical (unpaired) electrons. The van der Waals surface area contributed by atoms with Crippen molar-refractivity contribution in [1.29, 1.82) is 0 Å². The Labute approximate surface area is 68.0 Å². The third-order valence-electron chi connectivity index (χ3n) is 0.647. The molecule has 0 saturated carbocycles. The maximum atomic E-state index is 12.4. The molecule has 2 atom stereocenters. The molecule has 0 aromatic rings.